The van der Waals surface area contributed by atoms with Crippen molar-refractivity contribution < 1.29 is 0 Å². The number of aromatic nitrogens is 2. The van der Waals surface area contributed by atoms with Gasteiger partial charge < -0.3 is 5.84 Å². The summed E-state index contributed by atoms with van der Waals surface area (Å²) in [4.78, 5) is 8.20. The molecule has 3 N–H and O–H groups in total. The average molecular weight is 317 g/mol. The Hall–Kier alpha value is -2.34. The Morgan fingerprint density at radius 2 is 1.95 bits per heavy atom. The zero-order chi connectivity index (χ0) is 16.3. The Bertz CT molecular complexity index is 733. The molecule has 0 spiro atoms. The molecule has 2 aromatic rings. The summed E-state index contributed by atoms with van der Waals surface area (Å²) >= 11 is 6.38. The summed E-state index contributed by atoms with van der Waals surface area (Å²) in [6.07, 6.45) is 1.37. The van der Waals surface area contributed by atoms with Crippen molar-refractivity contribution in [2.45, 2.75) is 26.2 Å². The smallest absolute Gasteiger partial charge is 0.194 e. The minimum Gasteiger partial charge on any atom is -0.305 e. The van der Waals surface area contributed by atoms with E-state index in [-0.39, 0.29) is 11.3 Å². The van der Waals surface area contributed by atoms with Crippen molar-refractivity contribution in [3.05, 3.63) is 46.9 Å². The molecule has 0 aliphatic heterocycles. The highest BCUT2D eigenvalue weighted by molar-refractivity contribution is 6.31. The summed E-state index contributed by atoms with van der Waals surface area (Å²) in [6, 6.07) is 7.46. The summed E-state index contributed by atoms with van der Waals surface area (Å²) in [5, 5.41) is 14.9. The van der Waals surface area contributed by atoms with Crippen LogP contribution in [0.25, 0.3) is 11.3 Å². The van der Waals surface area contributed by atoms with E-state index in [1.54, 1.807) is 6.07 Å². The number of nitrogens with one attached hydrogen (secondary N) is 1. The Morgan fingerprint density at radius 1 is 1.23 bits per heavy atom. The summed E-state index contributed by atoms with van der Waals surface area (Å²) in [7, 11) is 0. The van der Waals surface area contributed by atoms with E-state index >= 15 is 0 Å². The Balaban J connectivity index is 2.43. The van der Waals surface area contributed by atoms with Gasteiger partial charge in [-0.3, -0.25) is 5.41 Å². The maximum atomic E-state index is 7.69. The third kappa shape index (κ3) is 3.46. The zero-order valence-corrected chi connectivity index (χ0v) is 13.4. The minimum absolute atomic E-state index is 0.0317. The molecule has 0 saturated heterocycles. The fraction of sp³-hybridized carbons (Fsp3) is 0.267. The molecule has 1 aromatic carbocycles. The lowest BCUT2D eigenvalue weighted by molar-refractivity contribution is 0.590. The van der Waals surface area contributed by atoms with Gasteiger partial charge >= 0.3 is 0 Å². The first-order chi connectivity index (χ1) is 10.3. The molecular weight excluding hydrogens is 300 g/mol. The lowest BCUT2D eigenvalue weighted by atomic mass is 9.86. The first-order valence-corrected chi connectivity index (χ1v) is 7.03. The molecule has 0 atom stereocenters. The van der Waals surface area contributed by atoms with Crippen molar-refractivity contribution in [2.75, 3.05) is 0 Å². The predicted molar refractivity (Wildman–Crippen MR) is 87.1 cm³/mol. The van der Waals surface area contributed by atoms with Gasteiger partial charge in [0.05, 0.1) is 5.69 Å². The van der Waals surface area contributed by atoms with E-state index in [4.69, 9.17) is 22.9 Å². The van der Waals surface area contributed by atoms with Gasteiger partial charge in [0.15, 0.2) is 5.84 Å². The average Bonchev–Trinajstić information content (AvgIpc) is 2.46. The Labute approximate surface area is 133 Å². The van der Waals surface area contributed by atoms with Gasteiger partial charge in [-0.05, 0) is 23.1 Å². The van der Waals surface area contributed by atoms with Gasteiger partial charge in [-0.2, -0.15) is 0 Å². The first kappa shape index (κ1) is 16.0. The maximum absolute atomic E-state index is 7.69. The number of halogens is 1. The van der Waals surface area contributed by atoms with E-state index in [0.29, 0.717) is 16.4 Å². The SMILES string of the molecule is CC(C)(C)c1ccc(-c2cc(C(=N)N=NN)ncn2)cc1Cl. The van der Waals surface area contributed by atoms with Crippen molar-refractivity contribution in [3.8, 4) is 11.3 Å². The summed E-state index contributed by atoms with van der Waals surface area (Å²) in [5.41, 5.74) is 2.88. The molecule has 0 bridgehead atoms. The maximum Gasteiger partial charge on any atom is 0.194 e. The van der Waals surface area contributed by atoms with Gasteiger partial charge in [0.25, 0.3) is 0 Å². The summed E-state index contributed by atoms with van der Waals surface area (Å²) in [6.45, 7) is 6.32. The number of nitrogens with zero attached hydrogens (tertiary/aromatic N) is 4. The van der Waals surface area contributed by atoms with Gasteiger partial charge in [0, 0.05) is 10.6 Å². The van der Waals surface area contributed by atoms with Crippen LogP contribution in [0.5, 0.6) is 0 Å². The van der Waals surface area contributed by atoms with E-state index in [9.17, 15) is 0 Å². The van der Waals surface area contributed by atoms with E-state index < -0.39 is 0 Å². The standard InChI is InChI=1S/C15H17ClN6/c1-15(2,3)10-5-4-9(6-11(10)16)12-7-13(20-8-19-12)14(17)21-22-18/h4-8H,1-3H3,(H3,17,18,21). The second-order valence-electron chi connectivity index (χ2n) is 5.80. The molecular formula is C15H17ClN6. The van der Waals surface area contributed by atoms with Crippen LogP contribution in [0.1, 0.15) is 32.0 Å². The molecule has 1 aromatic heterocycles. The van der Waals surface area contributed by atoms with Crippen LogP contribution in [0.15, 0.2) is 40.9 Å². The Morgan fingerprint density at radius 3 is 2.55 bits per heavy atom. The monoisotopic (exact) mass is 316 g/mol. The lowest BCUT2D eigenvalue weighted by Crippen LogP contribution is -2.11. The molecule has 7 heteroatoms. The molecule has 0 fully saturated rings. The molecule has 0 unspecified atom stereocenters. The second kappa shape index (κ2) is 6.19. The van der Waals surface area contributed by atoms with Crippen LogP contribution in [0.3, 0.4) is 0 Å². The normalized spacial score (nSPS) is 11.8. The van der Waals surface area contributed by atoms with Crippen LogP contribution < -0.4 is 5.84 Å². The Kier molecular flexibility index (Phi) is 4.51. The van der Waals surface area contributed by atoms with Crippen LogP contribution in [-0.4, -0.2) is 15.8 Å². The predicted octanol–water partition coefficient (Wildman–Crippen LogP) is 3.75. The second-order valence-corrected chi connectivity index (χ2v) is 6.20. The van der Waals surface area contributed by atoms with E-state index in [1.165, 1.54) is 6.33 Å². The van der Waals surface area contributed by atoms with Gasteiger partial charge in [-0.1, -0.05) is 49.7 Å². The van der Waals surface area contributed by atoms with Gasteiger partial charge in [-0.15, -0.1) is 5.11 Å². The first-order valence-electron chi connectivity index (χ1n) is 6.65. The van der Waals surface area contributed by atoms with Crippen LogP contribution >= 0.6 is 11.6 Å². The van der Waals surface area contributed by atoms with Gasteiger partial charge in [0.2, 0.25) is 0 Å². The highest BCUT2D eigenvalue weighted by Crippen LogP contribution is 2.32. The van der Waals surface area contributed by atoms with E-state index in [2.05, 4.69) is 41.1 Å². The largest absolute Gasteiger partial charge is 0.305 e. The fourth-order valence-corrected chi connectivity index (χ4v) is 2.50. The van der Waals surface area contributed by atoms with Crippen LogP contribution in [0.4, 0.5) is 0 Å². The molecule has 114 valence electrons. The topological polar surface area (TPSA) is 100 Å². The lowest BCUT2D eigenvalue weighted by Gasteiger charge is -2.21. The van der Waals surface area contributed by atoms with Crippen molar-refractivity contribution in [1.82, 2.24) is 9.97 Å². The van der Waals surface area contributed by atoms with Crippen molar-refractivity contribution in [1.29, 1.82) is 5.41 Å². The number of hydrogen-bond acceptors (Lipinski definition) is 4. The van der Waals surface area contributed by atoms with E-state index in [1.807, 2.05) is 18.2 Å². The third-order valence-corrected chi connectivity index (χ3v) is 3.45. The quantitative estimate of drug-likeness (QED) is 0.290. The van der Waals surface area contributed by atoms with Gasteiger partial charge in [-0.25, -0.2) is 9.97 Å². The van der Waals surface area contributed by atoms with Crippen molar-refractivity contribution in [3.63, 3.8) is 0 Å². The number of nitrogens with two attached hydrogens (primary N) is 1. The highest BCUT2D eigenvalue weighted by atomic mass is 35.5. The molecule has 1 heterocycles. The zero-order valence-electron chi connectivity index (χ0n) is 12.6. The van der Waals surface area contributed by atoms with Gasteiger partial charge in [0.1, 0.15) is 12.0 Å². The van der Waals surface area contributed by atoms with Crippen LogP contribution in [0.2, 0.25) is 5.02 Å². The number of amidine groups is 1. The fourth-order valence-electron chi connectivity index (χ4n) is 2.04. The summed E-state index contributed by atoms with van der Waals surface area (Å²) in [5.74, 6) is 4.83. The van der Waals surface area contributed by atoms with Crippen molar-refractivity contribution >= 4 is 17.4 Å². The minimum atomic E-state index is -0.122. The number of hydrogen-bond donors (Lipinski definition) is 2. The molecule has 0 aliphatic carbocycles. The van der Waals surface area contributed by atoms with E-state index in [0.717, 1.165) is 11.1 Å². The number of rotatable bonds is 2. The van der Waals surface area contributed by atoms with Crippen molar-refractivity contribution in [2.24, 2.45) is 16.2 Å². The molecule has 0 aliphatic rings. The molecule has 0 radical (unpaired) electrons. The van der Waals surface area contributed by atoms with Crippen LogP contribution in [-0.2, 0) is 5.41 Å². The third-order valence-electron chi connectivity index (χ3n) is 3.14. The highest BCUT2D eigenvalue weighted by Gasteiger charge is 2.18. The molecule has 22 heavy (non-hydrogen) atoms. The summed E-state index contributed by atoms with van der Waals surface area (Å²) < 4.78 is 0. The molecule has 0 amide bonds. The molecule has 6 nitrogen and oxygen atoms in total. The number of benzene rings is 1. The van der Waals surface area contributed by atoms with Crippen LogP contribution in [0, 0.1) is 5.41 Å². The molecule has 0 saturated carbocycles. The molecule has 2 rings (SSSR count).